The van der Waals surface area contributed by atoms with Crippen molar-refractivity contribution in [3.63, 3.8) is 0 Å². The van der Waals surface area contributed by atoms with Gasteiger partial charge in [0.2, 0.25) is 0 Å². The van der Waals surface area contributed by atoms with Crippen LogP contribution in [0.1, 0.15) is 5.82 Å². The highest BCUT2D eigenvalue weighted by Crippen LogP contribution is 2.33. The molecule has 7 nitrogen and oxygen atoms in total. The van der Waals surface area contributed by atoms with E-state index in [1.54, 1.807) is 22.7 Å². The van der Waals surface area contributed by atoms with Crippen LogP contribution in [0.4, 0.5) is 10.1 Å². The van der Waals surface area contributed by atoms with Crippen LogP contribution >= 0.6 is 23.2 Å². The summed E-state index contributed by atoms with van der Waals surface area (Å²) in [5.41, 5.74) is 2.70. The fraction of sp³-hybridized carbons (Fsp3) is 0.100. The minimum atomic E-state index is -0.591. The molecule has 2 aromatic carbocycles. The first-order chi connectivity index (χ1) is 14.4. The smallest absolute Gasteiger partial charge is 0.262 e. The third-order valence-corrected chi connectivity index (χ3v) is 4.73. The Labute approximate surface area is 180 Å². The van der Waals surface area contributed by atoms with Crippen LogP contribution in [0.3, 0.4) is 0 Å². The number of anilines is 1. The molecule has 152 valence electrons. The minimum absolute atomic E-state index is 0.0134. The number of nitrogens with one attached hydrogen (secondary N) is 1. The van der Waals surface area contributed by atoms with Crippen LogP contribution in [0.15, 0.2) is 48.5 Å². The Morgan fingerprint density at radius 2 is 1.90 bits per heavy atom. The maximum absolute atomic E-state index is 13.2. The summed E-state index contributed by atoms with van der Waals surface area (Å²) in [6.45, 7) is 1.46. The lowest BCUT2D eigenvalue weighted by molar-refractivity contribution is -0.118. The van der Waals surface area contributed by atoms with Crippen molar-refractivity contribution < 1.29 is 13.9 Å². The summed E-state index contributed by atoms with van der Waals surface area (Å²) in [5, 5.41) is 15.2. The molecule has 1 amide bonds. The Bertz CT molecular complexity index is 1240. The normalized spacial score (nSPS) is 10.9. The maximum atomic E-state index is 13.2. The average Bonchev–Trinajstić information content (AvgIpc) is 3.07. The van der Waals surface area contributed by atoms with Gasteiger partial charge in [0, 0.05) is 11.3 Å². The van der Waals surface area contributed by atoms with E-state index in [1.165, 1.54) is 0 Å². The molecule has 0 fully saturated rings. The van der Waals surface area contributed by atoms with Gasteiger partial charge in [-0.15, -0.1) is 10.2 Å². The highest BCUT2D eigenvalue weighted by Gasteiger charge is 2.13. The van der Waals surface area contributed by atoms with Crippen molar-refractivity contribution in [2.24, 2.45) is 0 Å². The predicted molar refractivity (Wildman–Crippen MR) is 111 cm³/mol. The van der Waals surface area contributed by atoms with Crippen LogP contribution in [-0.2, 0) is 4.79 Å². The first-order valence-corrected chi connectivity index (χ1v) is 9.53. The average molecular weight is 446 g/mol. The molecule has 2 heterocycles. The molecule has 0 atom stereocenters. The fourth-order valence-electron chi connectivity index (χ4n) is 2.81. The van der Waals surface area contributed by atoms with Gasteiger partial charge < -0.3 is 10.1 Å². The van der Waals surface area contributed by atoms with Gasteiger partial charge in [-0.1, -0.05) is 35.3 Å². The molecule has 1 N–H and O–H groups in total. The summed E-state index contributed by atoms with van der Waals surface area (Å²) in [6.07, 6.45) is 0. The van der Waals surface area contributed by atoms with E-state index in [1.807, 2.05) is 25.1 Å². The lowest BCUT2D eigenvalue weighted by Gasteiger charge is -2.11. The van der Waals surface area contributed by atoms with Gasteiger partial charge in [-0.05, 0) is 43.3 Å². The van der Waals surface area contributed by atoms with Crippen molar-refractivity contribution in [3.05, 3.63) is 70.2 Å². The number of carbonyl (C=O) groups excluding carboxylic acids is 1. The number of benzene rings is 2. The molecule has 0 saturated carbocycles. The summed E-state index contributed by atoms with van der Waals surface area (Å²) in [7, 11) is 0. The Balaban J connectivity index is 1.47. The Morgan fingerprint density at radius 1 is 1.13 bits per heavy atom. The number of amides is 1. The molecule has 0 spiro atoms. The number of nitrogens with zero attached hydrogens (tertiary/aromatic N) is 4. The molecule has 4 aromatic rings. The highest BCUT2D eigenvalue weighted by atomic mass is 35.5. The zero-order valence-corrected chi connectivity index (χ0v) is 17.1. The van der Waals surface area contributed by atoms with Crippen molar-refractivity contribution in [1.29, 1.82) is 0 Å². The maximum Gasteiger partial charge on any atom is 0.262 e. The van der Waals surface area contributed by atoms with Crippen LogP contribution in [0.5, 0.6) is 5.75 Å². The van der Waals surface area contributed by atoms with Crippen molar-refractivity contribution in [1.82, 2.24) is 19.8 Å². The molecule has 2 aromatic heterocycles. The van der Waals surface area contributed by atoms with Gasteiger partial charge in [0.15, 0.2) is 23.8 Å². The summed E-state index contributed by atoms with van der Waals surface area (Å²) < 4.78 is 20.2. The molecule has 0 aliphatic carbocycles. The molecule has 0 radical (unpaired) electrons. The fourth-order valence-corrected chi connectivity index (χ4v) is 3.38. The Hall–Kier alpha value is -3.23. The molecular formula is C20H14Cl2FN5O2. The van der Waals surface area contributed by atoms with Crippen molar-refractivity contribution in [2.75, 3.05) is 11.9 Å². The zero-order chi connectivity index (χ0) is 21.3. The van der Waals surface area contributed by atoms with E-state index in [-0.39, 0.29) is 22.4 Å². The van der Waals surface area contributed by atoms with E-state index < -0.39 is 11.7 Å². The lowest BCUT2D eigenvalue weighted by Crippen LogP contribution is -2.20. The number of hydrogen-bond acceptors (Lipinski definition) is 5. The van der Waals surface area contributed by atoms with Crippen LogP contribution in [0.25, 0.3) is 16.9 Å². The van der Waals surface area contributed by atoms with Gasteiger partial charge in [0.25, 0.3) is 5.91 Å². The summed E-state index contributed by atoms with van der Waals surface area (Å²) in [4.78, 5) is 12.3. The van der Waals surface area contributed by atoms with Crippen LogP contribution in [-0.4, -0.2) is 32.3 Å². The topological polar surface area (TPSA) is 81.4 Å². The Morgan fingerprint density at radius 3 is 2.67 bits per heavy atom. The number of aromatic nitrogens is 4. The number of halogens is 3. The molecule has 0 aliphatic rings. The second-order valence-corrected chi connectivity index (χ2v) is 7.17. The number of ether oxygens (including phenoxy) is 1. The molecule has 0 aliphatic heterocycles. The zero-order valence-electron chi connectivity index (χ0n) is 15.6. The number of carbonyl (C=O) groups is 1. The number of aryl methyl sites for hydroxylation is 1. The highest BCUT2D eigenvalue weighted by molar-refractivity contribution is 6.37. The monoisotopic (exact) mass is 445 g/mol. The largest absolute Gasteiger partial charge is 0.481 e. The van der Waals surface area contributed by atoms with Crippen LogP contribution in [0.2, 0.25) is 10.0 Å². The van der Waals surface area contributed by atoms with E-state index >= 15 is 0 Å². The first-order valence-electron chi connectivity index (χ1n) is 8.77. The first kappa shape index (κ1) is 20.1. The van der Waals surface area contributed by atoms with Crippen molar-refractivity contribution in [3.8, 4) is 17.0 Å². The van der Waals surface area contributed by atoms with Crippen molar-refractivity contribution in [2.45, 2.75) is 6.92 Å². The molecule has 0 saturated heterocycles. The molecule has 0 bridgehead atoms. The molecule has 10 heteroatoms. The standard InChI is InChI=1S/C20H14Cl2FN5O2/c1-11-25-26-18-6-5-17(27-28(11)18)12-3-2-4-14(7-12)24-19(29)10-30-20-15(21)8-13(23)9-16(20)22/h2-9H,10H2,1H3,(H,24,29). The van der Waals surface area contributed by atoms with Gasteiger partial charge in [0.1, 0.15) is 5.82 Å². The summed E-state index contributed by atoms with van der Waals surface area (Å²) >= 11 is 11.8. The lowest BCUT2D eigenvalue weighted by atomic mass is 10.1. The van der Waals surface area contributed by atoms with E-state index in [0.29, 0.717) is 22.9 Å². The van der Waals surface area contributed by atoms with Crippen LogP contribution < -0.4 is 10.1 Å². The molecule has 0 unspecified atom stereocenters. The number of fused-ring (bicyclic) bond motifs is 1. The molecule has 30 heavy (non-hydrogen) atoms. The number of rotatable bonds is 5. The van der Waals surface area contributed by atoms with Gasteiger partial charge in [0.05, 0.1) is 15.7 Å². The minimum Gasteiger partial charge on any atom is -0.481 e. The quantitative estimate of drug-likeness (QED) is 0.486. The molecule has 4 rings (SSSR count). The van der Waals surface area contributed by atoms with Gasteiger partial charge in [-0.25, -0.2) is 4.39 Å². The third-order valence-electron chi connectivity index (χ3n) is 4.17. The molecular weight excluding hydrogens is 432 g/mol. The SMILES string of the molecule is Cc1nnc2ccc(-c3cccc(NC(=O)COc4c(Cl)cc(F)cc4Cl)c3)nn12. The number of hydrogen-bond donors (Lipinski definition) is 1. The summed E-state index contributed by atoms with van der Waals surface area (Å²) in [6, 6.07) is 13.0. The second kappa shape index (κ2) is 8.25. The predicted octanol–water partition coefficient (Wildman–Crippen LogP) is 4.56. The van der Waals surface area contributed by atoms with E-state index in [9.17, 15) is 9.18 Å². The van der Waals surface area contributed by atoms with Gasteiger partial charge in [-0.3, -0.25) is 4.79 Å². The van der Waals surface area contributed by atoms with Crippen LogP contribution in [0, 0.1) is 12.7 Å². The van der Waals surface area contributed by atoms with Crippen molar-refractivity contribution >= 4 is 40.4 Å². The third kappa shape index (κ3) is 4.19. The van der Waals surface area contributed by atoms with E-state index in [4.69, 9.17) is 27.9 Å². The van der Waals surface area contributed by atoms with Gasteiger partial charge >= 0.3 is 0 Å². The van der Waals surface area contributed by atoms with E-state index in [0.717, 1.165) is 17.7 Å². The Kier molecular flexibility index (Phi) is 5.52. The van der Waals surface area contributed by atoms with E-state index in [2.05, 4.69) is 20.6 Å². The second-order valence-electron chi connectivity index (χ2n) is 6.35. The summed E-state index contributed by atoms with van der Waals surface area (Å²) in [5.74, 6) is -0.300. The van der Waals surface area contributed by atoms with Gasteiger partial charge in [-0.2, -0.15) is 9.61 Å².